The third-order valence-corrected chi connectivity index (χ3v) is 4.26. The lowest BCUT2D eigenvalue weighted by atomic mass is 10.2. The van der Waals surface area contributed by atoms with Gasteiger partial charge in [-0.05, 0) is 25.5 Å². The number of carbonyl (C=O) groups is 2. The van der Waals surface area contributed by atoms with E-state index < -0.39 is 11.9 Å². The molecule has 3 amide bonds. The van der Waals surface area contributed by atoms with Crippen LogP contribution in [0, 0.1) is 0 Å². The third-order valence-electron chi connectivity index (χ3n) is 4.26. The van der Waals surface area contributed by atoms with E-state index in [1.165, 1.54) is 0 Å². The fraction of sp³-hybridized carbons (Fsp3) is 0.474. The number of rotatable bonds is 9. The number of amides is 3. The van der Waals surface area contributed by atoms with Crippen LogP contribution in [0.5, 0.6) is 0 Å². The number of benzene rings is 1. The van der Waals surface area contributed by atoms with E-state index in [-0.39, 0.29) is 24.7 Å². The molecule has 0 fully saturated rings. The second-order valence-corrected chi connectivity index (χ2v) is 6.56. The first-order valence-electron chi connectivity index (χ1n) is 9.22. The van der Waals surface area contributed by atoms with Crippen molar-refractivity contribution in [2.75, 3.05) is 26.8 Å². The lowest BCUT2D eigenvalue weighted by molar-refractivity contribution is -0.121. The van der Waals surface area contributed by atoms with Gasteiger partial charge in [-0.3, -0.25) is 19.8 Å². The van der Waals surface area contributed by atoms with Crippen molar-refractivity contribution in [2.45, 2.75) is 32.9 Å². The molecule has 0 radical (unpaired) electrons. The van der Waals surface area contributed by atoms with Crippen molar-refractivity contribution in [1.29, 1.82) is 0 Å². The molecule has 1 atom stereocenters. The Labute approximate surface area is 163 Å². The molecule has 9 heteroatoms. The van der Waals surface area contributed by atoms with Crippen LogP contribution in [-0.2, 0) is 16.1 Å². The number of H-pyrrole nitrogens is 1. The topological polar surface area (TPSA) is 116 Å². The summed E-state index contributed by atoms with van der Waals surface area (Å²) in [5.41, 5.74) is 0.356. The fourth-order valence-corrected chi connectivity index (χ4v) is 2.59. The Morgan fingerprint density at radius 2 is 2.07 bits per heavy atom. The smallest absolute Gasteiger partial charge is 0.321 e. The van der Waals surface area contributed by atoms with Crippen molar-refractivity contribution in [1.82, 2.24) is 25.5 Å². The highest BCUT2D eigenvalue weighted by atomic mass is 16.5. The first-order valence-corrected chi connectivity index (χ1v) is 9.22. The summed E-state index contributed by atoms with van der Waals surface area (Å²) in [5, 5.41) is 5.50. The normalized spacial score (nSPS) is 12.1. The molecule has 28 heavy (non-hydrogen) atoms. The number of para-hydroxylation sites is 1. The number of nitrogens with zero attached hydrogens (tertiary/aromatic N) is 2. The van der Waals surface area contributed by atoms with Crippen molar-refractivity contribution in [2.24, 2.45) is 0 Å². The zero-order valence-electron chi connectivity index (χ0n) is 16.4. The van der Waals surface area contributed by atoms with Crippen LogP contribution in [0.25, 0.3) is 10.9 Å². The number of hydrogen-bond acceptors (Lipinski definition) is 6. The Bertz CT molecular complexity index is 867. The maximum atomic E-state index is 12.2. The lowest BCUT2D eigenvalue weighted by Crippen LogP contribution is -2.47. The zero-order chi connectivity index (χ0) is 20.5. The molecule has 9 nitrogen and oxygen atoms in total. The summed E-state index contributed by atoms with van der Waals surface area (Å²) in [6.45, 7) is 4.84. The predicted octanol–water partition coefficient (Wildman–Crippen LogP) is 0.996. The predicted molar refractivity (Wildman–Crippen MR) is 106 cm³/mol. The van der Waals surface area contributed by atoms with Crippen LogP contribution < -0.4 is 16.2 Å². The summed E-state index contributed by atoms with van der Waals surface area (Å²) in [6, 6.07) is 6.51. The molecule has 2 aromatic rings. The second-order valence-electron chi connectivity index (χ2n) is 6.56. The maximum Gasteiger partial charge on any atom is 0.321 e. The monoisotopic (exact) mass is 389 g/mol. The largest absolute Gasteiger partial charge is 0.383 e. The van der Waals surface area contributed by atoms with E-state index in [1.807, 2.05) is 19.9 Å². The number of fused-ring (bicyclic) bond motifs is 1. The van der Waals surface area contributed by atoms with Gasteiger partial charge in [0.05, 0.1) is 30.6 Å². The van der Waals surface area contributed by atoms with E-state index in [2.05, 4.69) is 20.6 Å². The Balaban J connectivity index is 2.06. The molecule has 0 saturated carbocycles. The minimum absolute atomic E-state index is 0.0238. The van der Waals surface area contributed by atoms with Crippen LogP contribution in [0.4, 0.5) is 4.79 Å². The Morgan fingerprint density at radius 1 is 1.32 bits per heavy atom. The molecule has 0 spiro atoms. The van der Waals surface area contributed by atoms with Gasteiger partial charge in [0, 0.05) is 19.7 Å². The number of nitrogens with one attached hydrogen (secondary N) is 3. The molecule has 1 aromatic carbocycles. The summed E-state index contributed by atoms with van der Waals surface area (Å²) in [5.74, 6) is -0.00305. The van der Waals surface area contributed by atoms with Crippen molar-refractivity contribution in [3.05, 3.63) is 40.4 Å². The second kappa shape index (κ2) is 10.5. The van der Waals surface area contributed by atoms with Gasteiger partial charge in [-0.1, -0.05) is 19.1 Å². The van der Waals surface area contributed by atoms with Crippen LogP contribution in [0.15, 0.2) is 29.1 Å². The average Bonchev–Trinajstić information content (AvgIpc) is 2.65. The van der Waals surface area contributed by atoms with Gasteiger partial charge in [-0.25, -0.2) is 9.78 Å². The standard InChI is InChI=1S/C19H27N5O4/c1-4-13(2)20-19(27)23-17(25)12-24(9-10-28-3)11-16-21-15-8-6-5-7-14(15)18(26)22-16/h5-8,13H,4,9-12H2,1-3H3,(H,21,22,26)(H2,20,23,25,27)/t13-/m0/s1. The number of methoxy groups -OCH3 is 1. The van der Waals surface area contributed by atoms with Crippen molar-refractivity contribution < 1.29 is 14.3 Å². The van der Waals surface area contributed by atoms with Gasteiger partial charge in [0.2, 0.25) is 5.91 Å². The van der Waals surface area contributed by atoms with E-state index in [0.29, 0.717) is 29.9 Å². The van der Waals surface area contributed by atoms with E-state index in [0.717, 1.165) is 6.42 Å². The summed E-state index contributed by atoms with van der Waals surface area (Å²) < 4.78 is 5.09. The van der Waals surface area contributed by atoms with E-state index >= 15 is 0 Å². The number of hydrogen-bond donors (Lipinski definition) is 3. The summed E-state index contributed by atoms with van der Waals surface area (Å²) in [7, 11) is 1.56. The first-order chi connectivity index (χ1) is 13.4. The number of imide groups is 1. The Kier molecular flexibility index (Phi) is 8.09. The van der Waals surface area contributed by atoms with Gasteiger partial charge < -0.3 is 15.0 Å². The lowest BCUT2D eigenvalue weighted by Gasteiger charge is -2.21. The molecule has 0 aliphatic heterocycles. The molecule has 0 aliphatic rings. The summed E-state index contributed by atoms with van der Waals surface area (Å²) in [6.07, 6.45) is 0.766. The van der Waals surface area contributed by atoms with Crippen molar-refractivity contribution in [3.8, 4) is 0 Å². The van der Waals surface area contributed by atoms with Crippen LogP contribution in [0.2, 0.25) is 0 Å². The molecule has 0 unspecified atom stereocenters. The highest BCUT2D eigenvalue weighted by molar-refractivity contribution is 5.95. The molecule has 0 bridgehead atoms. The quantitative estimate of drug-likeness (QED) is 0.589. The Morgan fingerprint density at radius 3 is 2.79 bits per heavy atom. The molecule has 152 valence electrons. The average molecular weight is 389 g/mol. The third kappa shape index (κ3) is 6.43. The van der Waals surface area contributed by atoms with E-state index in [1.54, 1.807) is 30.2 Å². The molecule has 1 heterocycles. The van der Waals surface area contributed by atoms with Crippen LogP contribution in [-0.4, -0.2) is 59.7 Å². The fourth-order valence-electron chi connectivity index (χ4n) is 2.59. The van der Waals surface area contributed by atoms with Gasteiger partial charge in [0.15, 0.2) is 0 Å². The number of urea groups is 1. The molecule has 3 N–H and O–H groups in total. The van der Waals surface area contributed by atoms with Gasteiger partial charge in [0.25, 0.3) is 5.56 Å². The molecule has 0 saturated heterocycles. The number of carbonyl (C=O) groups excluding carboxylic acids is 2. The van der Waals surface area contributed by atoms with Gasteiger partial charge in [0.1, 0.15) is 5.82 Å². The number of ether oxygens (including phenoxy) is 1. The maximum absolute atomic E-state index is 12.2. The highest BCUT2D eigenvalue weighted by Crippen LogP contribution is 2.07. The number of aromatic nitrogens is 2. The molecule has 2 rings (SSSR count). The molecular weight excluding hydrogens is 362 g/mol. The minimum atomic E-state index is -0.525. The molecule has 1 aromatic heterocycles. The molecular formula is C19H27N5O4. The van der Waals surface area contributed by atoms with E-state index in [9.17, 15) is 14.4 Å². The first kappa shape index (κ1) is 21.5. The van der Waals surface area contributed by atoms with Gasteiger partial charge >= 0.3 is 6.03 Å². The van der Waals surface area contributed by atoms with Gasteiger partial charge in [-0.15, -0.1) is 0 Å². The number of aromatic amines is 1. The van der Waals surface area contributed by atoms with Crippen molar-refractivity contribution in [3.63, 3.8) is 0 Å². The summed E-state index contributed by atoms with van der Waals surface area (Å²) in [4.78, 5) is 45.2. The van der Waals surface area contributed by atoms with Crippen LogP contribution in [0.1, 0.15) is 26.1 Å². The van der Waals surface area contributed by atoms with Crippen molar-refractivity contribution >= 4 is 22.8 Å². The van der Waals surface area contributed by atoms with Gasteiger partial charge in [-0.2, -0.15) is 0 Å². The molecule has 0 aliphatic carbocycles. The van der Waals surface area contributed by atoms with Crippen LogP contribution in [0.3, 0.4) is 0 Å². The summed E-state index contributed by atoms with van der Waals surface area (Å²) >= 11 is 0. The highest BCUT2D eigenvalue weighted by Gasteiger charge is 2.16. The minimum Gasteiger partial charge on any atom is -0.383 e. The van der Waals surface area contributed by atoms with Crippen LogP contribution >= 0.6 is 0 Å². The SMILES string of the molecule is CC[C@H](C)NC(=O)NC(=O)CN(CCOC)Cc1nc2ccccc2c(=O)[nH]1. The zero-order valence-corrected chi connectivity index (χ0v) is 16.4. The van der Waals surface area contributed by atoms with E-state index in [4.69, 9.17) is 4.74 Å². The Hall–Kier alpha value is -2.78.